The van der Waals surface area contributed by atoms with E-state index >= 15 is 0 Å². The van der Waals surface area contributed by atoms with Crippen molar-refractivity contribution in [1.82, 2.24) is 24.8 Å². The van der Waals surface area contributed by atoms with E-state index in [2.05, 4.69) is 25.3 Å². The second-order valence-electron chi connectivity index (χ2n) is 8.52. The number of carbonyl (C=O) groups is 2. The molecule has 190 valence electrons. The van der Waals surface area contributed by atoms with E-state index in [1.165, 1.54) is 30.8 Å². The molecule has 1 N–H and O–H groups in total. The molecule has 0 bridgehead atoms. The van der Waals surface area contributed by atoms with E-state index in [1.54, 1.807) is 36.1 Å². The summed E-state index contributed by atoms with van der Waals surface area (Å²) in [6.07, 6.45) is 3.00. The van der Waals surface area contributed by atoms with Gasteiger partial charge in [-0.3, -0.25) is 19.9 Å². The number of aromatic nitrogens is 4. The van der Waals surface area contributed by atoms with Gasteiger partial charge in [-0.05, 0) is 38.1 Å². The standard InChI is InChI=1S/C26H20ClN7O3S/c1-13-6-16(17-7-23(27)30-10-21(17)37-3)18(9-29-13)24(35)33-26-32-20-11-34(12-22(20)38-26)25(36)19-5-4-15(8-28)14(2)31-19/h4-7,9-10H,11-12H2,1-3H3,(H,32,33,35). The predicted octanol–water partition coefficient (Wildman–Crippen LogP) is 4.55. The molecule has 12 heteroatoms. The number of aryl methyl sites for hydroxylation is 2. The number of amides is 2. The van der Waals surface area contributed by atoms with Crippen LogP contribution in [0.5, 0.6) is 5.75 Å². The SMILES string of the molecule is COc1cnc(Cl)cc1-c1cc(C)ncc1C(=O)Nc1nc2c(s1)CN(C(=O)c1ccc(C#N)c(C)n1)C2. The maximum atomic E-state index is 13.3. The van der Waals surface area contributed by atoms with Crippen molar-refractivity contribution in [3.05, 3.63) is 80.6 Å². The summed E-state index contributed by atoms with van der Waals surface area (Å²) in [6.45, 7) is 4.17. The number of nitrogens with zero attached hydrogens (tertiary/aromatic N) is 6. The summed E-state index contributed by atoms with van der Waals surface area (Å²) in [5.41, 5.74) is 4.19. The zero-order chi connectivity index (χ0) is 27.0. The molecular weight excluding hydrogens is 526 g/mol. The number of nitriles is 1. The molecule has 0 atom stereocenters. The van der Waals surface area contributed by atoms with Crippen LogP contribution < -0.4 is 10.1 Å². The fourth-order valence-electron chi connectivity index (χ4n) is 4.12. The van der Waals surface area contributed by atoms with Crippen LogP contribution in [0.15, 0.2) is 36.7 Å². The average molecular weight is 546 g/mol. The molecule has 38 heavy (non-hydrogen) atoms. The Bertz CT molecular complexity index is 1620. The molecule has 0 radical (unpaired) electrons. The molecule has 0 saturated carbocycles. The third-order valence-electron chi connectivity index (χ3n) is 6.02. The van der Waals surface area contributed by atoms with Crippen LogP contribution in [0.2, 0.25) is 5.15 Å². The van der Waals surface area contributed by atoms with Crippen molar-refractivity contribution in [2.75, 3.05) is 12.4 Å². The summed E-state index contributed by atoms with van der Waals surface area (Å²) >= 11 is 7.44. The molecular formula is C26H20ClN7O3S. The van der Waals surface area contributed by atoms with Crippen LogP contribution in [-0.4, -0.2) is 43.8 Å². The van der Waals surface area contributed by atoms with Crippen molar-refractivity contribution in [3.8, 4) is 22.9 Å². The number of halogens is 1. The Morgan fingerprint density at radius 3 is 2.66 bits per heavy atom. The number of rotatable bonds is 5. The fraction of sp³-hybridized carbons (Fsp3) is 0.192. The molecule has 2 amide bonds. The number of methoxy groups -OCH3 is 1. The third-order valence-corrected chi connectivity index (χ3v) is 7.22. The number of anilines is 1. The summed E-state index contributed by atoms with van der Waals surface area (Å²) in [4.78, 5) is 45.9. The van der Waals surface area contributed by atoms with Crippen molar-refractivity contribution in [2.24, 2.45) is 0 Å². The highest BCUT2D eigenvalue weighted by Gasteiger charge is 2.29. The first-order valence-corrected chi connectivity index (χ1v) is 12.6. The zero-order valence-corrected chi connectivity index (χ0v) is 22.1. The maximum Gasteiger partial charge on any atom is 0.273 e. The van der Waals surface area contributed by atoms with Gasteiger partial charge in [0.15, 0.2) is 5.13 Å². The number of thiazole rings is 1. The third kappa shape index (κ3) is 4.79. The first kappa shape index (κ1) is 25.3. The molecule has 1 aliphatic rings. The molecule has 1 aliphatic heterocycles. The highest BCUT2D eigenvalue weighted by molar-refractivity contribution is 7.16. The van der Waals surface area contributed by atoms with E-state index < -0.39 is 0 Å². The van der Waals surface area contributed by atoms with Gasteiger partial charge in [-0.1, -0.05) is 22.9 Å². The van der Waals surface area contributed by atoms with Gasteiger partial charge in [0.05, 0.1) is 53.8 Å². The van der Waals surface area contributed by atoms with E-state index in [0.29, 0.717) is 57.6 Å². The highest BCUT2D eigenvalue weighted by Crippen LogP contribution is 2.35. The summed E-state index contributed by atoms with van der Waals surface area (Å²) in [5, 5.41) is 12.6. The molecule has 10 nitrogen and oxygen atoms in total. The quantitative estimate of drug-likeness (QED) is 0.361. The Hall–Kier alpha value is -4.40. The fourth-order valence-corrected chi connectivity index (χ4v) is 5.26. The summed E-state index contributed by atoms with van der Waals surface area (Å²) < 4.78 is 5.43. The molecule has 0 unspecified atom stereocenters. The first-order chi connectivity index (χ1) is 18.3. The molecule has 5 rings (SSSR count). The van der Waals surface area contributed by atoms with E-state index in [4.69, 9.17) is 21.6 Å². The van der Waals surface area contributed by atoms with Gasteiger partial charge in [-0.25, -0.2) is 15.0 Å². The van der Waals surface area contributed by atoms with Crippen LogP contribution in [0.25, 0.3) is 11.1 Å². The smallest absolute Gasteiger partial charge is 0.273 e. The Kier molecular flexibility index (Phi) is 6.75. The second kappa shape index (κ2) is 10.2. The van der Waals surface area contributed by atoms with Crippen LogP contribution in [-0.2, 0) is 13.1 Å². The van der Waals surface area contributed by atoms with Gasteiger partial charge in [0.25, 0.3) is 11.8 Å². The highest BCUT2D eigenvalue weighted by atomic mass is 35.5. The molecule has 0 aromatic carbocycles. The summed E-state index contributed by atoms with van der Waals surface area (Å²) in [6, 6.07) is 8.62. The largest absolute Gasteiger partial charge is 0.494 e. The van der Waals surface area contributed by atoms with Crippen molar-refractivity contribution in [1.29, 1.82) is 5.26 Å². The van der Waals surface area contributed by atoms with Crippen LogP contribution in [0.1, 0.15) is 48.4 Å². The summed E-state index contributed by atoms with van der Waals surface area (Å²) in [7, 11) is 1.52. The normalized spacial score (nSPS) is 12.1. The topological polar surface area (TPSA) is 134 Å². The number of ether oxygens (including phenoxy) is 1. The molecule has 0 saturated heterocycles. The minimum Gasteiger partial charge on any atom is -0.494 e. The van der Waals surface area contributed by atoms with Gasteiger partial charge >= 0.3 is 0 Å². The van der Waals surface area contributed by atoms with Crippen molar-refractivity contribution in [3.63, 3.8) is 0 Å². The van der Waals surface area contributed by atoms with Gasteiger partial charge in [-0.15, -0.1) is 0 Å². The lowest BCUT2D eigenvalue weighted by molar-refractivity contribution is 0.0744. The molecule has 0 aliphatic carbocycles. The lowest BCUT2D eigenvalue weighted by Crippen LogP contribution is -2.26. The number of nitrogens with one attached hydrogen (secondary N) is 1. The van der Waals surface area contributed by atoms with E-state index in [-0.39, 0.29) is 22.7 Å². The Morgan fingerprint density at radius 1 is 1.13 bits per heavy atom. The van der Waals surface area contributed by atoms with E-state index in [9.17, 15) is 9.59 Å². The van der Waals surface area contributed by atoms with Gasteiger partial charge in [0, 0.05) is 23.0 Å². The number of carbonyl (C=O) groups excluding carboxylic acids is 2. The van der Waals surface area contributed by atoms with Gasteiger partial charge < -0.3 is 9.64 Å². The predicted molar refractivity (Wildman–Crippen MR) is 141 cm³/mol. The minimum absolute atomic E-state index is 0.242. The Morgan fingerprint density at radius 2 is 1.95 bits per heavy atom. The number of pyridine rings is 3. The molecule has 0 fully saturated rings. The minimum atomic E-state index is -0.389. The molecule has 5 heterocycles. The molecule has 4 aromatic heterocycles. The maximum absolute atomic E-state index is 13.3. The Balaban J connectivity index is 1.34. The van der Waals surface area contributed by atoms with Gasteiger partial charge in [-0.2, -0.15) is 5.26 Å². The van der Waals surface area contributed by atoms with Gasteiger partial charge in [0.1, 0.15) is 22.7 Å². The number of hydrogen-bond donors (Lipinski definition) is 1. The van der Waals surface area contributed by atoms with Crippen molar-refractivity contribution in [2.45, 2.75) is 26.9 Å². The number of fused-ring (bicyclic) bond motifs is 1. The number of hydrogen-bond acceptors (Lipinski definition) is 9. The molecule has 0 spiro atoms. The molecule has 4 aromatic rings. The van der Waals surface area contributed by atoms with Gasteiger partial charge in [0.2, 0.25) is 0 Å². The monoisotopic (exact) mass is 545 g/mol. The van der Waals surface area contributed by atoms with Crippen molar-refractivity contribution < 1.29 is 14.3 Å². The van der Waals surface area contributed by atoms with Crippen molar-refractivity contribution >= 4 is 39.9 Å². The van der Waals surface area contributed by atoms with Crippen LogP contribution in [0.4, 0.5) is 5.13 Å². The Labute approximate surface area is 226 Å². The summed E-state index contributed by atoms with van der Waals surface area (Å²) in [5.74, 6) is -0.159. The average Bonchev–Trinajstić information content (AvgIpc) is 3.46. The van der Waals surface area contributed by atoms with E-state index in [0.717, 1.165) is 10.6 Å². The van der Waals surface area contributed by atoms with E-state index in [1.807, 2.05) is 13.0 Å². The zero-order valence-electron chi connectivity index (χ0n) is 20.6. The van der Waals surface area contributed by atoms with Crippen LogP contribution in [0, 0.1) is 25.2 Å². The lowest BCUT2D eigenvalue weighted by Gasteiger charge is -2.15. The second-order valence-corrected chi connectivity index (χ2v) is 9.99. The first-order valence-electron chi connectivity index (χ1n) is 11.4. The van der Waals surface area contributed by atoms with Crippen LogP contribution in [0.3, 0.4) is 0 Å². The van der Waals surface area contributed by atoms with Crippen LogP contribution >= 0.6 is 22.9 Å². The lowest BCUT2D eigenvalue weighted by atomic mass is 10.0.